The Hall–Kier alpha value is -3.11. The number of aryl methyl sites for hydroxylation is 1. The Morgan fingerprint density at radius 1 is 1.23 bits per heavy atom. The van der Waals surface area contributed by atoms with E-state index >= 15 is 0 Å². The number of halogens is 2. The van der Waals surface area contributed by atoms with Crippen molar-refractivity contribution in [1.82, 2.24) is 19.4 Å². The molecule has 0 bridgehead atoms. The highest BCUT2D eigenvalue weighted by atomic mass is 35.5. The standard InChI is InChI=1S/C14H14N8O2.2ClH/c1-10-17-19-14(21(10)15)18-16-8-11-6-7-20(9-11)12-2-4-13(5-3-12)22(23)24;;/h2-9H,15H2,1H3,(H,18,19);2*1H/b16-8-;;. The minimum absolute atomic E-state index is 0. The predicted molar refractivity (Wildman–Crippen MR) is 103 cm³/mol. The molecule has 1 aromatic carbocycles. The van der Waals surface area contributed by atoms with Crippen LogP contribution >= 0.6 is 24.8 Å². The molecule has 0 aliphatic carbocycles. The maximum atomic E-state index is 10.7. The van der Waals surface area contributed by atoms with Crippen LogP contribution in [0.2, 0.25) is 0 Å². The van der Waals surface area contributed by atoms with Gasteiger partial charge >= 0.3 is 0 Å². The van der Waals surface area contributed by atoms with E-state index in [9.17, 15) is 10.1 Å². The molecule has 3 aromatic rings. The maximum Gasteiger partial charge on any atom is 0.269 e. The molecule has 0 saturated carbocycles. The molecule has 0 atom stereocenters. The lowest BCUT2D eigenvalue weighted by molar-refractivity contribution is -0.384. The van der Waals surface area contributed by atoms with Gasteiger partial charge in [-0.3, -0.25) is 10.1 Å². The first-order valence-electron chi connectivity index (χ1n) is 6.93. The van der Waals surface area contributed by atoms with E-state index in [4.69, 9.17) is 5.84 Å². The van der Waals surface area contributed by atoms with Gasteiger partial charge in [-0.2, -0.15) is 5.10 Å². The lowest BCUT2D eigenvalue weighted by Gasteiger charge is -2.01. The molecule has 2 heterocycles. The Kier molecular flexibility index (Phi) is 7.11. The summed E-state index contributed by atoms with van der Waals surface area (Å²) < 4.78 is 3.13. The van der Waals surface area contributed by atoms with E-state index in [0.29, 0.717) is 11.8 Å². The zero-order valence-corrected chi connectivity index (χ0v) is 15.1. The predicted octanol–water partition coefficient (Wildman–Crippen LogP) is 2.29. The maximum absolute atomic E-state index is 10.7. The molecule has 138 valence electrons. The lowest BCUT2D eigenvalue weighted by atomic mass is 10.3. The SMILES string of the molecule is Cc1nnc(N/N=C\c2ccn(-c3ccc([N+](=O)[O-])cc3)c2)n1N.Cl.Cl. The quantitative estimate of drug-likeness (QED) is 0.293. The molecule has 0 unspecified atom stereocenters. The van der Waals surface area contributed by atoms with Crippen LogP contribution in [0.1, 0.15) is 11.4 Å². The fourth-order valence-corrected chi connectivity index (χ4v) is 2.01. The Morgan fingerprint density at radius 2 is 1.92 bits per heavy atom. The first-order valence-corrected chi connectivity index (χ1v) is 6.93. The number of nitrogens with one attached hydrogen (secondary N) is 1. The summed E-state index contributed by atoms with van der Waals surface area (Å²) in [5.41, 5.74) is 4.40. The second-order valence-electron chi connectivity index (χ2n) is 4.94. The third-order valence-electron chi connectivity index (χ3n) is 3.32. The highest BCUT2D eigenvalue weighted by Crippen LogP contribution is 2.16. The largest absolute Gasteiger partial charge is 0.335 e. The monoisotopic (exact) mass is 398 g/mol. The number of hydrogen-bond donors (Lipinski definition) is 2. The number of nitro groups is 1. The summed E-state index contributed by atoms with van der Waals surface area (Å²) in [4.78, 5) is 10.2. The summed E-state index contributed by atoms with van der Waals surface area (Å²) in [6.07, 6.45) is 5.27. The van der Waals surface area contributed by atoms with Crippen molar-refractivity contribution in [1.29, 1.82) is 0 Å². The van der Waals surface area contributed by atoms with Crippen molar-refractivity contribution in [3.05, 3.63) is 64.2 Å². The smallest absolute Gasteiger partial charge is 0.269 e. The summed E-state index contributed by atoms with van der Waals surface area (Å²) in [5, 5.41) is 22.3. The first kappa shape index (κ1) is 20.9. The minimum atomic E-state index is -0.429. The number of nitrogens with two attached hydrogens (primary N) is 1. The number of rotatable bonds is 5. The van der Waals surface area contributed by atoms with Gasteiger partial charge in [-0.1, -0.05) is 0 Å². The van der Waals surface area contributed by atoms with Gasteiger partial charge < -0.3 is 10.4 Å². The van der Waals surface area contributed by atoms with Crippen LogP contribution in [0.3, 0.4) is 0 Å². The number of non-ortho nitro benzene ring substituents is 1. The number of nitrogen functional groups attached to an aromatic ring is 1. The van der Waals surface area contributed by atoms with Crippen LogP contribution < -0.4 is 11.3 Å². The average molecular weight is 399 g/mol. The van der Waals surface area contributed by atoms with Crippen LogP contribution in [0.5, 0.6) is 0 Å². The Balaban J connectivity index is 0.00000169. The molecule has 0 amide bonds. The molecule has 0 aliphatic rings. The molecule has 0 radical (unpaired) electrons. The van der Waals surface area contributed by atoms with Crippen LogP contribution in [-0.2, 0) is 0 Å². The third kappa shape index (κ3) is 4.49. The topological polar surface area (TPSA) is 129 Å². The van der Waals surface area contributed by atoms with E-state index in [-0.39, 0.29) is 30.5 Å². The van der Waals surface area contributed by atoms with Crippen LogP contribution in [0.15, 0.2) is 47.8 Å². The zero-order valence-electron chi connectivity index (χ0n) is 13.5. The molecule has 2 aromatic heterocycles. The molecule has 0 saturated heterocycles. The minimum Gasteiger partial charge on any atom is -0.335 e. The number of hydrazone groups is 1. The van der Waals surface area contributed by atoms with Crippen molar-refractivity contribution in [3.8, 4) is 5.69 Å². The second-order valence-corrected chi connectivity index (χ2v) is 4.94. The average Bonchev–Trinajstić information content (AvgIpc) is 3.17. The number of nitro benzene ring substituents is 1. The van der Waals surface area contributed by atoms with E-state index in [1.807, 2.05) is 23.0 Å². The van der Waals surface area contributed by atoms with Gasteiger partial charge in [-0.05, 0) is 25.1 Å². The first-order chi connectivity index (χ1) is 11.5. The highest BCUT2D eigenvalue weighted by Gasteiger charge is 2.05. The van der Waals surface area contributed by atoms with E-state index in [2.05, 4.69) is 20.7 Å². The summed E-state index contributed by atoms with van der Waals surface area (Å²) in [5.74, 6) is 6.60. The fourth-order valence-electron chi connectivity index (χ4n) is 2.01. The molecule has 26 heavy (non-hydrogen) atoms. The summed E-state index contributed by atoms with van der Waals surface area (Å²) in [7, 11) is 0. The van der Waals surface area contributed by atoms with Gasteiger partial charge in [0, 0.05) is 35.8 Å². The molecule has 12 heteroatoms. The van der Waals surface area contributed by atoms with Crippen molar-refractivity contribution in [2.75, 3.05) is 11.3 Å². The van der Waals surface area contributed by atoms with Crippen LogP contribution in [-0.4, -0.2) is 30.6 Å². The molecule has 0 aliphatic heterocycles. The van der Waals surface area contributed by atoms with Gasteiger partial charge in [0.2, 0.25) is 0 Å². The molecular formula is C14H16Cl2N8O2. The molecular weight excluding hydrogens is 383 g/mol. The van der Waals surface area contributed by atoms with Gasteiger partial charge in [-0.25, -0.2) is 10.1 Å². The van der Waals surface area contributed by atoms with Gasteiger partial charge in [0.25, 0.3) is 11.6 Å². The normalized spacial score (nSPS) is 10.2. The Labute approximate surface area is 160 Å². The molecule has 3 N–H and O–H groups in total. The molecule has 0 fully saturated rings. The van der Waals surface area contributed by atoms with Gasteiger partial charge in [0.05, 0.1) is 11.1 Å². The lowest BCUT2D eigenvalue weighted by Crippen LogP contribution is -2.13. The summed E-state index contributed by atoms with van der Waals surface area (Å²) in [6.45, 7) is 1.73. The van der Waals surface area contributed by atoms with Crippen molar-refractivity contribution in [3.63, 3.8) is 0 Å². The van der Waals surface area contributed by atoms with Gasteiger partial charge in [0.15, 0.2) is 5.82 Å². The van der Waals surface area contributed by atoms with Gasteiger partial charge in [0.1, 0.15) is 0 Å². The number of aromatic nitrogens is 4. The number of anilines is 1. The van der Waals surface area contributed by atoms with Crippen LogP contribution in [0.4, 0.5) is 11.6 Å². The zero-order chi connectivity index (χ0) is 17.1. The Morgan fingerprint density at radius 3 is 2.50 bits per heavy atom. The molecule has 10 nitrogen and oxygen atoms in total. The number of benzene rings is 1. The highest BCUT2D eigenvalue weighted by molar-refractivity contribution is 5.85. The van der Waals surface area contributed by atoms with Crippen molar-refractivity contribution >= 4 is 42.7 Å². The van der Waals surface area contributed by atoms with Crippen molar-refractivity contribution in [2.45, 2.75) is 6.92 Å². The van der Waals surface area contributed by atoms with Gasteiger partial charge in [-0.15, -0.1) is 35.0 Å². The molecule has 0 spiro atoms. The van der Waals surface area contributed by atoms with Crippen molar-refractivity contribution in [2.24, 2.45) is 5.10 Å². The van der Waals surface area contributed by atoms with Crippen molar-refractivity contribution < 1.29 is 4.92 Å². The Bertz CT molecular complexity index is 904. The summed E-state index contributed by atoms with van der Waals surface area (Å²) in [6, 6.07) is 8.13. The number of hydrogen-bond acceptors (Lipinski definition) is 7. The van der Waals surface area contributed by atoms with Crippen LogP contribution in [0.25, 0.3) is 5.69 Å². The third-order valence-corrected chi connectivity index (χ3v) is 3.32. The molecule has 3 rings (SSSR count). The summed E-state index contributed by atoms with van der Waals surface area (Å²) >= 11 is 0. The fraction of sp³-hybridized carbons (Fsp3) is 0.0714. The number of nitrogens with zero attached hydrogens (tertiary/aromatic N) is 6. The van der Waals surface area contributed by atoms with E-state index in [1.165, 1.54) is 16.8 Å². The van der Waals surface area contributed by atoms with E-state index in [0.717, 1.165) is 11.3 Å². The van der Waals surface area contributed by atoms with E-state index in [1.54, 1.807) is 25.3 Å². The second kappa shape index (κ2) is 8.83. The van der Waals surface area contributed by atoms with Crippen LogP contribution in [0, 0.1) is 17.0 Å². The van der Waals surface area contributed by atoms with E-state index < -0.39 is 4.92 Å².